The molecule has 10 heteroatoms. The Hall–Kier alpha value is -5.82. The average Bonchev–Trinajstić information content (AvgIpc) is 3.71. The van der Waals surface area contributed by atoms with Crippen molar-refractivity contribution in [2.75, 3.05) is 6.67 Å². The van der Waals surface area contributed by atoms with E-state index in [0.29, 0.717) is 37.5 Å². The van der Waals surface area contributed by atoms with Crippen LogP contribution >= 0.6 is 24.0 Å². The minimum atomic E-state index is 0. The molecule has 0 spiro atoms. The number of aromatic nitrogens is 3. The summed E-state index contributed by atoms with van der Waals surface area (Å²) in [6.07, 6.45) is 4.40. The number of hydrogen-bond donors (Lipinski definition) is 2. The molecule has 0 saturated heterocycles. The third-order valence-electron chi connectivity index (χ3n) is 7.42. The topological polar surface area (TPSA) is 138 Å². The molecule has 0 amide bonds. The number of nitriles is 2. The number of rotatable bonds is 11. The number of hydrogen-bond acceptors (Lipinski definition) is 7. The van der Waals surface area contributed by atoms with Crippen LogP contribution in [0.15, 0.2) is 139 Å². The van der Waals surface area contributed by atoms with E-state index in [2.05, 4.69) is 44.7 Å². The first-order valence-corrected chi connectivity index (χ1v) is 16.3. The van der Waals surface area contributed by atoms with Crippen molar-refractivity contribution in [2.45, 2.75) is 33.5 Å². The van der Waals surface area contributed by atoms with Gasteiger partial charge in [0.15, 0.2) is 0 Å². The van der Waals surface area contributed by atoms with Gasteiger partial charge >= 0.3 is 0 Å². The summed E-state index contributed by atoms with van der Waals surface area (Å²) in [5.41, 5.74) is 13.9. The van der Waals surface area contributed by atoms with Crippen LogP contribution in [0.4, 0.5) is 0 Å². The summed E-state index contributed by atoms with van der Waals surface area (Å²) < 4.78 is 7.56. The molecule has 0 fully saturated rings. The monoisotopic (exact) mass is 788 g/mol. The zero-order chi connectivity index (χ0) is 35.4. The second-order valence-electron chi connectivity index (χ2n) is 10.6. The summed E-state index contributed by atoms with van der Waals surface area (Å²) in [4.78, 5) is 7.84. The molecule has 0 radical (unpaired) electrons. The van der Waals surface area contributed by atoms with Gasteiger partial charge in [-0.15, -0.1) is 24.0 Å². The fourth-order valence-electron chi connectivity index (χ4n) is 4.95. The maximum absolute atomic E-state index is 9.33. The Morgan fingerprint density at radius 2 is 1.33 bits per heavy atom. The standard InChI is InChI=1S/C23H22N4O.C16H12N4.C2H6.HI/c24-13-21-7-6-20(12-22(21)14-26-17-27-16-25)19-8-10-23(11-9-19)28-15-18-4-2-1-3-5-18;17-9-15-7-6-14(13-4-2-1-3-5-13)8-16(15)10-20-12-18-11-19-20;1-2;/h1-12,16,26H,14-15,17H2,(H2,25,27);1-8,11-12H,10H2;1-2H3;1H. The minimum absolute atomic E-state index is 0. The molecule has 258 valence electrons. The molecule has 0 saturated carbocycles. The molecule has 3 N–H and O–H groups in total. The molecule has 1 heterocycles. The number of nitrogens with zero attached hydrogens (tertiary/aromatic N) is 6. The number of aliphatic imine (C=N–C) groups is 1. The number of nitrogens with two attached hydrogens (primary N) is 1. The number of ether oxygens (including phenoxy) is 1. The van der Waals surface area contributed by atoms with Crippen LogP contribution in [0.25, 0.3) is 22.3 Å². The van der Waals surface area contributed by atoms with E-state index in [9.17, 15) is 10.5 Å². The van der Waals surface area contributed by atoms with E-state index in [4.69, 9.17) is 10.5 Å². The third kappa shape index (κ3) is 12.2. The Kier molecular flexibility index (Phi) is 17.1. The maximum atomic E-state index is 9.33. The van der Waals surface area contributed by atoms with Crippen molar-refractivity contribution in [3.05, 3.63) is 162 Å². The Morgan fingerprint density at radius 1 is 0.765 bits per heavy atom. The van der Waals surface area contributed by atoms with Crippen molar-refractivity contribution < 1.29 is 4.74 Å². The first kappa shape index (κ1) is 39.6. The van der Waals surface area contributed by atoms with Crippen LogP contribution in [0.5, 0.6) is 5.75 Å². The van der Waals surface area contributed by atoms with Crippen LogP contribution in [0.2, 0.25) is 0 Å². The van der Waals surface area contributed by atoms with Gasteiger partial charge in [-0.1, -0.05) is 98.8 Å². The Morgan fingerprint density at radius 3 is 1.92 bits per heavy atom. The molecular weight excluding hydrogens is 747 g/mol. The lowest BCUT2D eigenvalue weighted by molar-refractivity contribution is 0.306. The molecule has 0 aliphatic heterocycles. The van der Waals surface area contributed by atoms with Crippen LogP contribution in [0, 0.1) is 22.7 Å². The van der Waals surface area contributed by atoms with Gasteiger partial charge in [-0.2, -0.15) is 15.6 Å². The van der Waals surface area contributed by atoms with E-state index in [1.54, 1.807) is 11.0 Å². The van der Waals surface area contributed by atoms with Gasteiger partial charge in [0.25, 0.3) is 0 Å². The summed E-state index contributed by atoms with van der Waals surface area (Å²) in [6.45, 7) is 6.05. The Bertz CT molecular complexity index is 2000. The summed E-state index contributed by atoms with van der Waals surface area (Å²) >= 11 is 0. The molecule has 0 aliphatic rings. The summed E-state index contributed by atoms with van der Waals surface area (Å²) in [7, 11) is 0. The van der Waals surface area contributed by atoms with Crippen molar-refractivity contribution in [3.8, 4) is 40.1 Å². The van der Waals surface area contributed by atoms with E-state index in [1.165, 1.54) is 12.7 Å². The van der Waals surface area contributed by atoms with Gasteiger partial charge in [0.2, 0.25) is 0 Å². The van der Waals surface area contributed by atoms with Crippen LogP contribution in [-0.2, 0) is 19.7 Å². The first-order chi connectivity index (χ1) is 24.7. The van der Waals surface area contributed by atoms with Crippen molar-refractivity contribution in [3.63, 3.8) is 0 Å². The number of benzene rings is 5. The lowest BCUT2D eigenvalue weighted by Crippen LogP contribution is -2.14. The minimum Gasteiger partial charge on any atom is -0.489 e. The largest absolute Gasteiger partial charge is 0.489 e. The van der Waals surface area contributed by atoms with Gasteiger partial charge < -0.3 is 10.5 Å². The molecule has 0 unspecified atom stereocenters. The van der Waals surface area contributed by atoms with Crippen molar-refractivity contribution in [2.24, 2.45) is 10.7 Å². The van der Waals surface area contributed by atoms with Crippen LogP contribution in [0.1, 0.15) is 41.7 Å². The fraction of sp³-hybridized carbons (Fsp3) is 0.146. The number of halogens is 1. The predicted molar refractivity (Wildman–Crippen MR) is 214 cm³/mol. The summed E-state index contributed by atoms with van der Waals surface area (Å²) in [5.74, 6) is 0.822. The van der Waals surface area contributed by atoms with E-state index in [0.717, 1.165) is 44.7 Å². The zero-order valence-corrected chi connectivity index (χ0v) is 31.0. The summed E-state index contributed by atoms with van der Waals surface area (Å²) in [6, 6.07) is 44.3. The van der Waals surface area contributed by atoms with Gasteiger partial charge in [-0.25, -0.2) is 9.67 Å². The highest BCUT2D eigenvalue weighted by Gasteiger charge is 2.08. The Balaban J connectivity index is 0.000000270. The third-order valence-corrected chi connectivity index (χ3v) is 7.42. The van der Waals surface area contributed by atoms with E-state index in [1.807, 2.05) is 123 Å². The van der Waals surface area contributed by atoms with Gasteiger partial charge in [0.1, 0.15) is 25.0 Å². The van der Waals surface area contributed by atoms with Crippen molar-refractivity contribution in [1.82, 2.24) is 20.1 Å². The molecule has 0 aliphatic carbocycles. The molecule has 5 aromatic carbocycles. The smallest absolute Gasteiger partial charge is 0.137 e. The van der Waals surface area contributed by atoms with Crippen molar-refractivity contribution in [1.29, 1.82) is 10.5 Å². The predicted octanol–water partition coefficient (Wildman–Crippen LogP) is 8.35. The molecule has 9 nitrogen and oxygen atoms in total. The van der Waals surface area contributed by atoms with E-state index < -0.39 is 0 Å². The highest BCUT2D eigenvalue weighted by atomic mass is 127. The summed E-state index contributed by atoms with van der Waals surface area (Å²) in [5, 5.41) is 25.8. The maximum Gasteiger partial charge on any atom is 0.137 e. The quantitative estimate of drug-likeness (QED) is 0.0583. The lowest BCUT2D eigenvalue weighted by atomic mass is 9.99. The lowest BCUT2D eigenvalue weighted by Gasteiger charge is -2.10. The highest BCUT2D eigenvalue weighted by Crippen LogP contribution is 2.26. The van der Waals surface area contributed by atoms with Gasteiger partial charge in [0, 0.05) is 6.54 Å². The zero-order valence-electron chi connectivity index (χ0n) is 28.7. The molecule has 1 aromatic heterocycles. The molecule has 0 atom stereocenters. The average molecular weight is 789 g/mol. The van der Waals surface area contributed by atoms with Crippen LogP contribution < -0.4 is 15.8 Å². The van der Waals surface area contributed by atoms with E-state index >= 15 is 0 Å². The highest BCUT2D eigenvalue weighted by molar-refractivity contribution is 14.0. The van der Waals surface area contributed by atoms with Crippen LogP contribution in [-0.4, -0.2) is 27.8 Å². The molecule has 6 aromatic rings. The molecular formula is C41H41IN8O. The fourth-order valence-corrected chi connectivity index (χ4v) is 4.95. The SMILES string of the molecule is CC.I.N#Cc1ccc(-c2ccc(OCc3ccccc3)cc2)cc1CNC/N=C\N.N#Cc1ccc(-c2ccccc2)cc1Cn1cncn1. The second-order valence-corrected chi connectivity index (χ2v) is 10.6. The first-order valence-electron chi connectivity index (χ1n) is 16.3. The van der Waals surface area contributed by atoms with Crippen molar-refractivity contribution >= 4 is 30.3 Å². The molecule has 6 rings (SSSR count). The second kappa shape index (κ2) is 22.0. The van der Waals surface area contributed by atoms with Gasteiger partial charge in [-0.3, -0.25) is 10.3 Å². The Labute approximate surface area is 317 Å². The van der Waals surface area contributed by atoms with E-state index in [-0.39, 0.29) is 24.0 Å². The number of nitrogens with one attached hydrogen (secondary N) is 1. The van der Waals surface area contributed by atoms with Gasteiger partial charge in [-0.05, 0) is 75.3 Å². The molecule has 51 heavy (non-hydrogen) atoms. The molecule has 0 bridgehead atoms. The van der Waals surface area contributed by atoms with Gasteiger partial charge in [0.05, 0.1) is 42.8 Å². The van der Waals surface area contributed by atoms with Crippen LogP contribution in [0.3, 0.4) is 0 Å². The normalized spacial score (nSPS) is 9.96.